The van der Waals surface area contributed by atoms with Gasteiger partial charge in [-0.15, -0.1) is 17.0 Å². The largest absolute Gasteiger partial charge is 0.256 e. The third kappa shape index (κ3) is 3.87. The molecule has 1 aromatic carbocycles. The van der Waals surface area contributed by atoms with Gasteiger partial charge in [0.05, 0.1) is 23.3 Å². The molecule has 0 radical (unpaired) electrons. The summed E-state index contributed by atoms with van der Waals surface area (Å²) in [4.78, 5) is 4.39. The summed E-state index contributed by atoms with van der Waals surface area (Å²) < 4.78 is 22.9. The topological polar surface area (TPSA) is 70.9 Å². The van der Waals surface area contributed by atoms with E-state index >= 15 is 0 Å². The van der Waals surface area contributed by atoms with E-state index in [0.717, 1.165) is 11.3 Å². The molecule has 0 amide bonds. The van der Waals surface area contributed by atoms with E-state index < -0.39 is 9.84 Å². The number of aliphatic imine (C=N–C) groups is 1. The normalized spacial score (nSPS) is 26.7. The minimum absolute atomic E-state index is 0. The molecule has 2 aliphatic rings. The average Bonchev–Trinajstić information content (AvgIpc) is 2.90. The summed E-state index contributed by atoms with van der Waals surface area (Å²) >= 11 is 1.47. The summed E-state index contributed by atoms with van der Waals surface area (Å²) in [6.45, 7) is 1.92. The van der Waals surface area contributed by atoms with Crippen LogP contribution in [0.4, 0.5) is 0 Å². The first-order chi connectivity index (χ1) is 9.53. The minimum Gasteiger partial charge on any atom is -0.256 e. The molecule has 21 heavy (non-hydrogen) atoms. The van der Waals surface area contributed by atoms with Crippen LogP contribution < -0.4 is 5.43 Å². The second kappa shape index (κ2) is 6.50. The summed E-state index contributed by atoms with van der Waals surface area (Å²) in [5.74, 6) is 0.385. The van der Waals surface area contributed by atoms with E-state index in [4.69, 9.17) is 0 Å². The zero-order valence-electron chi connectivity index (χ0n) is 11.4. The van der Waals surface area contributed by atoms with Crippen molar-refractivity contribution in [2.45, 2.75) is 18.2 Å². The highest BCUT2D eigenvalue weighted by molar-refractivity contribution is 8.93. The molecule has 0 aliphatic carbocycles. The Bertz CT molecular complexity index is 674. The number of rotatable bonds is 2. The Hall–Kier alpha value is -0.860. The maximum absolute atomic E-state index is 11.5. The molecule has 114 valence electrons. The molecule has 2 unspecified atom stereocenters. The molecule has 0 aromatic heterocycles. The number of nitrogens with one attached hydrogen (secondary N) is 1. The van der Waals surface area contributed by atoms with Gasteiger partial charge in [0.2, 0.25) is 0 Å². The number of hydrazone groups is 1. The van der Waals surface area contributed by atoms with Crippen LogP contribution in [0.5, 0.6) is 0 Å². The fraction of sp³-hybridized carbons (Fsp3) is 0.385. The monoisotopic (exact) mass is 389 g/mol. The number of hydrogen-bond acceptors (Lipinski definition) is 6. The van der Waals surface area contributed by atoms with Crippen molar-refractivity contribution in [1.29, 1.82) is 0 Å². The van der Waals surface area contributed by atoms with Crippen molar-refractivity contribution in [3.63, 3.8) is 0 Å². The van der Waals surface area contributed by atoms with Gasteiger partial charge in [0.25, 0.3) is 0 Å². The fourth-order valence-electron chi connectivity index (χ4n) is 2.29. The van der Waals surface area contributed by atoms with E-state index in [-0.39, 0.29) is 39.8 Å². The molecule has 0 bridgehead atoms. The lowest BCUT2D eigenvalue weighted by Crippen LogP contribution is -2.17. The molecule has 5 nitrogen and oxygen atoms in total. The molecular weight excluding hydrogens is 374 g/mol. The Morgan fingerprint density at radius 1 is 1.33 bits per heavy atom. The second-order valence-corrected chi connectivity index (χ2v) is 8.29. The Morgan fingerprint density at radius 3 is 2.71 bits per heavy atom. The number of halogens is 1. The van der Waals surface area contributed by atoms with Crippen molar-refractivity contribution in [3.05, 3.63) is 35.9 Å². The number of nitrogens with zero attached hydrogens (tertiary/aromatic N) is 2. The smallest absolute Gasteiger partial charge is 0.177 e. The van der Waals surface area contributed by atoms with E-state index in [1.807, 2.05) is 37.3 Å². The van der Waals surface area contributed by atoms with Crippen LogP contribution in [-0.4, -0.2) is 42.1 Å². The van der Waals surface area contributed by atoms with Crippen LogP contribution in [0, 0.1) is 0 Å². The summed E-state index contributed by atoms with van der Waals surface area (Å²) in [6.07, 6.45) is 0. The molecule has 0 saturated carbocycles. The zero-order valence-corrected chi connectivity index (χ0v) is 14.7. The Balaban J connectivity index is 0.00000161. The lowest BCUT2D eigenvalue weighted by Gasteiger charge is -2.04. The number of amidine groups is 1. The van der Waals surface area contributed by atoms with Crippen molar-refractivity contribution < 1.29 is 8.42 Å². The third-order valence-electron chi connectivity index (χ3n) is 3.33. The number of sulfone groups is 1. The third-order valence-corrected chi connectivity index (χ3v) is 6.46. The van der Waals surface area contributed by atoms with Crippen molar-refractivity contribution in [1.82, 2.24) is 5.43 Å². The highest BCUT2D eigenvalue weighted by Gasteiger charge is 2.42. The van der Waals surface area contributed by atoms with Crippen LogP contribution in [0.2, 0.25) is 0 Å². The second-order valence-electron chi connectivity index (χ2n) is 4.91. The number of fused-ring (bicyclic) bond motifs is 1. The first-order valence-corrected chi connectivity index (χ1v) is 9.04. The van der Waals surface area contributed by atoms with Crippen LogP contribution in [0.3, 0.4) is 0 Å². The van der Waals surface area contributed by atoms with Gasteiger partial charge in [0.15, 0.2) is 15.0 Å². The van der Waals surface area contributed by atoms with Crippen LogP contribution in [0.1, 0.15) is 12.5 Å². The van der Waals surface area contributed by atoms with E-state index in [9.17, 15) is 8.42 Å². The molecule has 2 atom stereocenters. The zero-order chi connectivity index (χ0) is 14.2. The molecule has 2 aliphatic heterocycles. The standard InChI is InChI=1S/C13H15N3O2S2.BrH/c1-9(10-5-3-2-4-6-10)15-16-13-14-11-7-20(17,18)8-12(11)19-13;/h2-6,11-12H,7-8H2,1H3,(H,14,16);1H/b15-9+;. The lowest BCUT2D eigenvalue weighted by atomic mass is 10.1. The predicted octanol–water partition coefficient (Wildman–Crippen LogP) is 1.85. The van der Waals surface area contributed by atoms with E-state index in [0.29, 0.717) is 5.17 Å². The van der Waals surface area contributed by atoms with Gasteiger partial charge < -0.3 is 0 Å². The summed E-state index contributed by atoms with van der Waals surface area (Å²) in [7, 11) is -2.89. The molecule has 1 N–H and O–H groups in total. The van der Waals surface area contributed by atoms with Crippen LogP contribution in [-0.2, 0) is 9.84 Å². The summed E-state index contributed by atoms with van der Waals surface area (Å²) in [6, 6.07) is 9.76. The molecule has 3 rings (SSSR count). The van der Waals surface area contributed by atoms with Crippen molar-refractivity contribution in [3.8, 4) is 0 Å². The van der Waals surface area contributed by atoms with Gasteiger partial charge in [-0.1, -0.05) is 42.1 Å². The molecule has 8 heteroatoms. The molecule has 1 fully saturated rings. The Labute approximate surface area is 139 Å². The van der Waals surface area contributed by atoms with Gasteiger partial charge in [0, 0.05) is 5.25 Å². The Morgan fingerprint density at radius 2 is 2.05 bits per heavy atom. The van der Waals surface area contributed by atoms with Gasteiger partial charge in [-0.3, -0.25) is 10.4 Å². The highest BCUT2D eigenvalue weighted by Crippen LogP contribution is 2.33. The van der Waals surface area contributed by atoms with Crippen molar-refractivity contribution in [2.75, 3.05) is 11.5 Å². The highest BCUT2D eigenvalue weighted by atomic mass is 79.9. The molecule has 1 saturated heterocycles. The number of benzene rings is 1. The van der Waals surface area contributed by atoms with Crippen molar-refractivity contribution in [2.24, 2.45) is 10.1 Å². The van der Waals surface area contributed by atoms with E-state index in [1.54, 1.807) is 0 Å². The number of hydrogen-bond donors (Lipinski definition) is 1. The van der Waals surface area contributed by atoms with Crippen LogP contribution in [0.15, 0.2) is 40.4 Å². The first-order valence-electron chi connectivity index (χ1n) is 6.34. The van der Waals surface area contributed by atoms with Gasteiger partial charge in [0.1, 0.15) is 0 Å². The predicted molar refractivity (Wildman–Crippen MR) is 93.4 cm³/mol. The fourth-order valence-corrected chi connectivity index (χ4v) is 5.88. The van der Waals surface area contributed by atoms with Gasteiger partial charge in [-0.25, -0.2) is 8.42 Å². The van der Waals surface area contributed by atoms with Gasteiger partial charge >= 0.3 is 0 Å². The molecule has 2 heterocycles. The maximum atomic E-state index is 11.5. The van der Waals surface area contributed by atoms with Crippen LogP contribution in [0.25, 0.3) is 0 Å². The summed E-state index contributed by atoms with van der Waals surface area (Å²) in [5.41, 5.74) is 4.86. The molecule has 0 spiro atoms. The average molecular weight is 390 g/mol. The SMILES string of the molecule is Br.C/C(=N\NC1=NC2CS(=O)(=O)CC2S1)c1ccccc1. The first kappa shape index (κ1) is 16.5. The maximum Gasteiger partial charge on any atom is 0.177 e. The van der Waals surface area contributed by atoms with Crippen molar-refractivity contribution >= 4 is 49.5 Å². The minimum atomic E-state index is -2.89. The molecule has 1 aromatic rings. The van der Waals surface area contributed by atoms with Gasteiger partial charge in [-0.2, -0.15) is 5.10 Å². The van der Waals surface area contributed by atoms with Crippen LogP contribution >= 0.6 is 28.7 Å². The van der Waals surface area contributed by atoms with E-state index in [2.05, 4.69) is 15.5 Å². The van der Waals surface area contributed by atoms with E-state index in [1.165, 1.54) is 11.8 Å². The lowest BCUT2D eigenvalue weighted by molar-refractivity contribution is 0.601. The number of thioether (sulfide) groups is 1. The molecular formula is C13H16BrN3O2S2. The quantitative estimate of drug-likeness (QED) is 0.618. The Kier molecular flexibility index (Phi) is 5.11. The van der Waals surface area contributed by atoms with Gasteiger partial charge in [-0.05, 0) is 12.5 Å². The summed E-state index contributed by atoms with van der Waals surface area (Å²) in [5, 5.41) is 5.07.